The van der Waals surface area contributed by atoms with Crippen LogP contribution in [0.15, 0.2) is 0 Å². The quantitative estimate of drug-likeness (QED) is 0.695. The van der Waals surface area contributed by atoms with Crippen LogP contribution in [-0.4, -0.2) is 35.7 Å². The number of alkyl halides is 4. The molecule has 6 heteroatoms. The lowest BCUT2D eigenvalue weighted by Crippen LogP contribution is -2.50. The maximum atomic E-state index is 12.9. The highest BCUT2D eigenvalue weighted by atomic mass is 19.3. The van der Waals surface area contributed by atoms with Crippen molar-refractivity contribution in [2.75, 3.05) is 6.54 Å². The minimum Gasteiger partial charge on any atom is -0.334 e. The number of carbonyl (C=O) groups is 1. The van der Waals surface area contributed by atoms with Gasteiger partial charge in [0.15, 0.2) is 0 Å². The molecule has 1 heterocycles. The summed E-state index contributed by atoms with van der Waals surface area (Å²) in [6.07, 6.45) is -2.75. The summed E-state index contributed by atoms with van der Waals surface area (Å²) >= 11 is 0. The van der Waals surface area contributed by atoms with Crippen molar-refractivity contribution in [2.45, 2.75) is 45.1 Å². The molecule has 1 atom stereocenters. The van der Waals surface area contributed by atoms with E-state index in [2.05, 4.69) is 0 Å². The molecular weight excluding hydrogens is 226 g/mol. The summed E-state index contributed by atoms with van der Waals surface area (Å²) in [5.74, 6) is -6.30. The molecule has 0 spiro atoms. The number of nitrogens with zero attached hydrogens (tertiary/aromatic N) is 1. The van der Waals surface area contributed by atoms with E-state index in [-0.39, 0.29) is 18.5 Å². The Hall–Kier alpha value is -0.810. The largest absolute Gasteiger partial charge is 0.383 e. The van der Waals surface area contributed by atoms with Crippen LogP contribution in [0.25, 0.3) is 0 Å². The van der Waals surface area contributed by atoms with Gasteiger partial charge in [0.2, 0.25) is 0 Å². The topological polar surface area (TPSA) is 20.3 Å². The van der Waals surface area contributed by atoms with Crippen molar-refractivity contribution in [3.8, 4) is 0 Å². The minimum atomic E-state index is -4.56. The average molecular weight is 241 g/mol. The zero-order chi connectivity index (χ0) is 12.5. The first kappa shape index (κ1) is 13.3. The first-order valence-corrected chi connectivity index (χ1v) is 5.25. The van der Waals surface area contributed by atoms with Gasteiger partial charge in [-0.3, -0.25) is 4.79 Å². The number of rotatable bonds is 3. The predicted octanol–water partition coefficient (Wildman–Crippen LogP) is 2.53. The predicted molar refractivity (Wildman–Crippen MR) is 50.5 cm³/mol. The van der Waals surface area contributed by atoms with Crippen LogP contribution in [0, 0.1) is 5.92 Å². The molecular formula is C10H15F4NO. The van der Waals surface area contributed by atoms with Crippen LogP contribution in [0.2, 0.25) is 0 Å². The molecule has 0 aromatic carbocycles. The normalized spacial score (nSPS) is 22.2. The Morgan fingerprint density at radius 2 is 1.94 bits per heavy atom. The van der Waals surface area contributed by atoms with Gasteiger partial charge in [-0.25, -0.2) is 8.78 Å². The number of hydrogen-bond donors (Lipinski definition) is 0. The first-order chi connectivity index (χ1) is 7.28. The Bertz CT molecular complexity index is 268. The lowest BCUT2D eigenvalue weighted by Gasteiger charge is -2.30. The van der Waals surface area contributed by atoms with Gasteiger partial charge in [-0.1, -0.05) is 13.8 Å². The van der Waals surface area contributed by atoms with Crippen molar-refractivity contribution in [3.05, 3.63) is 0 Å². The summed E-state index contributed by atoms with van der Waals surface area (Å²) in [4.78, 5) is 12.2. The monoisotopic (exact) mass is 241 g/mol. The molecule has 1 fully saturated rings. The number of amides is 1. The summed E-state index contributed by atoms with van der Waals surface area (Å²) in [6.45, 7) is 3.72. The molecule has 2 nitrogen and oxygen atoms in total. The Morgan fingerprint density at radius 3 is 2.38 bits per heavy atom. The Labute approximate surface area is 91.6 Å². The van der Waals surface area contributed by atoms with Crippen LogP contribution in [0.1, 0.15) is 26.7 Å². The lowest BCUT2D eigenvalue weighted by molar-refractivity contribution is -0.182. The number of carbonyl (C=O) groups excluding carboxylic acids is 1. The number of hydrogen-bond acceptors (Lipinski definition) is 1. The van der Waals surface area contributed by atoms with Crippen LogP contribution in [-0.2, 0) is 4.79 Å². The lowest BCUT2D eigenvalue weighted by atomic mass is 10.0. The van der Waals surface area contributed by atoms with E-state index in [1.165, 1.54) is 0 Å². The van der Waals surface area contributed by atoms with E-state index in [4.69, 9.17) is 0 Å². The second kappa shape index (κ2) is 4.59. The molecule has 0 N–H and O–H groups in total. The van der Waals surface area contributed by atoms with Crippen LogP contribution >= 0.6 is 0 Å². The van der Waals surface area contributed by atoms with Gasteiger partial charge in [-0.2, -0.15) is 8.78 Å². The third-order valence-electron chi connectivity index (χ3n) is 2.89. The van der Waals surface area contributed by atoms with Crippen molar-refractivity contribution < 1.29 is 22.4 Å². The second-order valence-electron chi connectivity index (χ2n) is 4.38. The van der Waals surface area contributed by atoms with Crippen molar-refractivity contribution in [1.82, 2.24) is 4.90 Å². The molecule has 1 aliphatic heterocycles. The Kier molecular flexibility index (Phi) is 3.80. The zero-order valence-corrected chi connectivity index (χ0v) is 9.22. The van der Waals surface area contributed by atoms with E-state index in [1.54, 1.807) is 13.8 Å². The molecule has 0 aromatic rings. The molecule has 0 radical (unpaired) electrons. The molecule has 0 saturated carbocycles. The molecule has 1 unspecified atom stereocenters. The molecule has 1 amide bonds. The third-order valence-corrected chi connectivity index (χ3v) is 2.89. The molecule has 94 valence electrons. The van der Waals surface area contributed by atoms with Gasteiger partial charge >= 0.3 is 12.3 Å². The fourth-order valence-electron chi connectivity index (χ4n) is 2.02. The van der Waals surface area contributed by atoms with E-state index in [9.17, 15) is 22.4 Å². The van der Waals surface area contributed by atoms with Gasteiger partial charge in [-0.05, 0) is 18.8 Å². The first-order valence-electron chi connectivity index (χ1n) is 5.25. The average Bonchev–Trinajstić information content (AvgIpc) is 2.64. The fourth-order valence-corrected chi connectivity index (χ4v) is 2.02. The summed E-state index contributed by atoms with van der Waals surface area (Å²) in [5.41, 5.74) is 0. The highest BCUT2D eigenvalue weighted by molar-refractivity contribution is 5.84. The molecule has 16 heavy (non-hydrogen) atoms. The highest BCUT2D eigenvalue weighted by Gasteiger charge is 2.53. The smallest absolute Gasteiger partial charge is 0.334 e. The fraction of sp³-hybridized carbons (Fsp3) is 0.900. The van der Waals surface area contributed by atoms with Gasteiger partial charge in [0.1, 0.15) is 0 Å². The standard InChI is InChI=1S/C10H15F4NO/c1-6(2)7-4-3-5-15(7)9(16)10(13,14)8(11)12/h6-8H,3-5H2,1-2H3. The highest BCUT2D eigenvalue weighted by Crippen LogP contribution is 2.31. The van der Waals surface area contributed by atoms with E-state index in [0.717, 1.165) is 4.90 Å². The molecule has 0 aliphatic carbocycles. The van der Waals surface area contributed by atoms with Crippen LogP contribution in [0.3, 0.4) is 0 Å². The summed E-state index contributed by atoms with van der Waals surface area (Å²) < 4.78 is 49.9. The van der Waals surface area contributed by atoms with Crippen LogP contribution in [0.4, 0.5) is 17.6 Å². The molecule has 1 saturated heterocycles. The van der Waals surface area contributed by atoms with Crippen molar-refractivity contribution in [3.63, 3.8) is 0 Å². The maximum absolute atomic E-state index is 12.9. The Morgan fingerprint density at radius 1 is 1.38 bits per heavy atom. The summed E-state index contributed by atoms with van der Waals surface area (Å²) in [5, 5.41) is 0. The maximum Gasteiger partial charge on any atom is 0.383 e. The van der Waals surface area contributed by atoms with E-state index in [1.807, 2.05) is 0 Å². The van der Waals surface area contributed by atoms with Crippen LogP contribution in [0.5, 0.6) is 0 Å². The van der Waals surface area contributed by atoms with Crippen molar-refractivity contribution in [2.24, 2.45) is 5.92 Å². The third kappa shape index (κ3) is 2.30. The molecule has 0 aromatic heterocycles. The van der Waals surface area contributed by atoms with Crippen molar-refractivity contribution >= 4 is 5.91 Å². The van der Waals surface area contributed by atoms with E-state index < -0.39 is 18.3 Å². The molecule has 1 aliphatic rings. The van der Waals surface area contributed by atoms with E-state index in [0.29, 0.717) is 12.8 Å². The minimum absolute atomic E-state index is 0.0000718. The SMILES string of the molecule is CC(C)C1CCCN1C(=O)C(F)(F)C(F)F. The van der Waals surface area contributed by atoms with Gasteiger partial charge < -0.3 is 4.90 Å². The van der Waals surface area contributed by atoms with Gasteiger partial charge in [-0.15, -0.1) is 0 Å². The summed E-state index contributed by atoms with van der Waals surface area (Å²) in [7, 11) is 0. The summed E-state index contributed by atoms with van der Waals surface area (Å²) in [6, 6.07) is -0.350. The second-order valence-corrected chi connectivity index (χ2v) is 4.38. The zero-order valence-electron chi connectivity index (χ0n) is 9.22. The van der Waals surface area contributed by atoms with E-state index >= 15 is 0 Å². The molecule has 1 rings (SSSR count). The molecule has 0 bridgehead atoms. The van der Waals surface area contributed by atoms with Gasteiger partial charge in [0, 0.05) is 12.6 Å². The number of likely N-dealkylation sites (tertiary alicyclic amines) is 1. The van der Waals surface area contributed by atoms with Crippen LogP contribution < -0.4 is 0 Å². The Balaban J connectivity index is 2.81. The number of halogens is 4. The van der Waals surface area contributed by atoms with Crippen molar-refractivity contribution in [1.29, 1.82) is 0 Å². The van der Waals surface area contributed by atoms with Gasteiger partial charge in [0.25, 0.3) is 5.91 Å². The van der Waals surface area contributed by atoms with Gasteiger partial charge in [0.05, 0.1) is 0 Å².